The Morgan fingerprint density at radius 2 is 1.95 bits per heavy atom. The first kappa shape index (κ1) is 12.0. The average Bonchev–Trinajstić information content (AvgIpc) is 3.13. The fraction of sp³-hybridized carbons (Fsp3) is 0.312. The van der Waals surface area contributed by atoms with E-state index in [9.17, 15) is 4.79 Å². The summed E-state index contributed by atoms with van der Waals surface area (Å²) in [6, 6.07) is 14.3. The summed E-state index contributed by atoms with van der Waals surface area (Å²) < 4.78 is 7.11. The lowest BCUT2D eigenvalue weighted by atomic mass is 10.0. The Kier molecular flexibility index (Phi) is 2.90. The van der Waals surface area contributed by atoms with Gasteiger partial charge in [0.1, 0.15) is 5.41 Å². The molecule has 0 atom stereocenters. The topological polar surface area (TPSA) is 31.2 Å². The molecule has 3 heteroatoms. The molecule has 1 aliphatic carbocycles. The number of rotatable bonds is 4. The first-order valence-electron chi connectivity index (χ1n) is 6.54. The molecule has 3 rings (SSSR count). The molecule has 1 fully saturated rings. The van der Waals surface area contributed by atoms with E-state index in [1.165, 1.54) is 12.7 Å². The minimum atomic E-state index is -0.396. The zero-order chi connectivity index (χ0) is 13.3. The van der Waals surface area contributed by atoms with E-state index >= 15 is 0 Å². The number of carbonyl (C=O) groups excluding carboxylic acids is 1. The highest BCUT2D eigenvalue weighted by Crippen LogP contribution is 2.49. The Morgan fingerprint density at radius 3 is 2.58 bits per heavy atom. The molecule has 0 spiro atoms. The van der Waals surface area contributed by atoms with Crippen molar-refractivity contribution in [1.82, 2.24) is 4.57 Å². The number of methoxy groups -OCH3 is 1. The van der Waals surface area contributed by atoms with Gasteiger partial charge in [-0.15, -0.1) is 0 Å². The molecule has 0 radical (unpaired) electrons. The Balaban J connectivity index is 1.89. The van der Waals surface area contributed by atoms with Gasteiger partial charge < -0.3 is 9.30 Å². The van der Waals surface area contributed by atoms with E-state index in [-0.39, 0.29) is 5.97 Å². The van der Waals surface area contributed by atoms with E-state index in [0.29, 0.717) is 0 Å². The maximum atomic E-state index is 12.0. The monoisotopic (exact) mass is 255 g/mol. The van der Waals surface area contributed by atoms with Crippen LogP contribution in [-0.2, 0) is 21.5 Å². The summed E-state index contributed by atoms with van der Waals surface area (Å²) in [4.78, 5) is 12.0. The first-order chi connectivity index (χ1) is 9.26. The van der Waals surface area contributed by atoms with Crippen LogP contribution in [0.2, 0.25) is 0 Å². The van der Waals surface area contributed by atoms with Gasteiger partial charge in [-0.05, 0) is 30.5 Å². The van der Waals surface area contributed by atoms with Gasteiger partial charge in [0.25, 0.3) is 0 Å². The summed E-state index contributed by atoms with van der Waals surface area (Å²) in [5.41, 5.74) is 1.91. The van der Waals surface area contributed by atoms with Crippen LogP contribution in [0.4, 0.5) is 0 Å². The molecule has 19 heavy (non-hydrogen) atoms. The van der Waals surface area contributed by atoms with Crippen molar-refractivity contribution < 1.29 is 9.53 Å². The second kappa shape index (κ2) is 4.57. The maximum Gasteiger partial charge on any atom is 0.317 e. The second-order valence-corrected chi connectivity index (χ2v) is 5.08. The Morgan fingerprint density at radius 1 is 1.21 bits per heavy atom. The van der Waals surface area contributed by atoms with Crippen molar-refractivity contribution in [1.29, 1.82) is 0 Å². The number of esters is 1. The predicted octanol–water partition coefficient (Wildman–Crippen LogP) is 2.74. The van der Waals surface area contributed by atoms with Crippen LogP contribution in [0.5, 0.6) is 0 Å². The molecule has 1 aliphatic rings. The Bertz CT molecular complexity index is 582. The number of carbonyl (C=O) groups is 1. The molecule has 2 aromatic rings. The largest absolute Gasteiger partial charge is 0.468 e. The molecule has 0 amide bonds. The van der Waals surface area contributed by atoms with Crippen LogP contribution < -0.4 is 0 Å². The van der Waals surface area contributed by atoms with Crippen molar-refractivity contribution in [3.63, 3.8) is 0 Å². The summed E-state index contributed by atoms with van der Waals surface area (Å²) in [5.74, 6) is -0.111. The summed E-state index contributed by atoms with van der Waals surface area (Å²) in [5, 5.41) is 0. The van der Waals surface area contributed by atoms with Gasteiger partial charge in [-0.1, -0.05) is 30.3 Å². The molecule has 0 bridgehead atoms. The number of hydrogen-bond donors (Lipinski definition) is 0. The van der Waals surface area contributed by atoms with Gasteiger partial charge in [0.15, 0.2) is 0 Å². The van der Waals surface area contributed by atoms with Crippen LogP contribution in [0.25, 0.3) is 0 Å². The summed E-state index contributed by atoms with van der Waals surface area (Å²) >= 11 is 0. The van der Waals surface area contributed by atoms with Crippen LogP contribution >= 0.6 is 0 Å². The van der Waals surface area contributed by atoms with E-state index in [1.54, 1.807) is 0 Å². The van der Waals surface area contributed by atoms with E-state index < -0.39 is 5.41 Å². The average molecular weight is 255 g/mol. The summed E-state index contributed by atoms with van der Waals surface area (Å²) in [6.07, 6.45) is 3.81. The molecular weight excluding hydrogens is 238 g/mol. The fourth-order valence-electron chi connectivity index (χ4n) is 2.65. The molecule has 0 N–H and O–H groups in total. The van der Waals surface area contributed by atoms with Crippen molar-refractivity contribution in [3.8, 4) is 0 Å². The van der Waals surface area contributed by atoms with Gasteiger partial charge in [-0.2, -0.15) is 0 Å². The van der Waals surface area contributed by atoms with Crippen molar-refractivity contribution in [2.45, 2.75) is 24.8 Å². The molecule has 1 aromatic heterocycles. The third-order valence-corrected chi connectivity index (χ3v) is 3.84. The quantitative estimate of drug-likeness (QED) is 0.787. The molecule has 0 aliphatic heterocycles. The maximum absolute atomic E-state index is 12.0. The van der Waals surface area contributed by atoms with Crippen molar-refractivity contribution >= 4 is 5.97 Å². The van der Waals surface area contributed by atoms with Crippen molar-refractivity contribution in [2.75, 3.05) is 7.11 Å². The first-order valence-corrected chi connectivity index (χ1v) is 6.54. The molecule has 1 heterocycles. The van der Waals surface area contributed by atoms with E-state index in [0.717, 1.165) is 25.1 Å². The second-order valence-electron chi connectivity index (χ2n) is 5.08. The normalized spacial score (nSPS) is 16.1. The lowest BCUT2D eigenvalue weighted by molar-refractivity contribution is -0.143. The minimum Gasteiger partial charge on any atom is -0.468 e. The molecule has 3 nitrogen and oxygen atoms in total. The SMILES string of the molecule is COC(=O)C1(c2cccn2Cc2ccccc2)CC1. The summed E-state index contributed by atoms with van der Waals surface area (Å²) in [7, 11) is 1.47. The third kappa shape index (κ3) is 2.05. The fourth-order valence-corrected chi connectivity index (χ4v) is 2.65. The lowest BCUT2D eigenvalue weighted by Crippen LogP contribution is -2.25. The van der Waals surface area contributed by atoms with Gasteiger partial charge in [-0.3, -0.25) is 4.79 Å². The van der Waals surface area contributed by atoms with Crippen LogP contribution in [-0.4, -0.2) is 17.6 Å². The van der Waals surface area contributed by atoms with Gasteiger partial charge in [0, 0.05) is 18.4 Å². The lowest BCUT2D eigenvalue weighted by Gasteiger charge is -2.16. The number of nitrogens with zero attached hydrogens (tertiary/aromatic N) is 1. The van der Waals surface area contributed by atoms with Crippen LogP contribution in [0.3, 0.4) is 0 Å². The third-order valence-electron chi connectivity index (χ3n) is 3.84. The zero-order valence-corrected chi connectivity index (χ0v) is 11.0. The Labute approximate surface area is 112 Å². The van der Waals surface area contributed by atoms with Crippen molar-refractivity contribution in [3.05, 3.63) is 59.9 Å². The molecule has 1 saturated carbocycles. The highest BCUT2D eigenvalue weighted by Gasteiger charge is 2.54. The highest BCUT2D eigenvalue weighted by atomic mass is 16.5. The minimum absolute atomic E-state index is 0.111. The number of hydrogen-bond acceptors (Lipinski definition) is 2. The van der Waals surface area contributed by atoms with Crippen molar-refractivity contribution in [2.24, 2.45) is 0 Å². The molecule has 0 saturated heterocycles. The predicted molar refractivity (Wildman–Crippen MR) is 72.9 cm³/mol. The van der Waals surface area contributed by atoms with Gasteiger partial charge >= 0.3 is 5.97 Å². The molecular formula is C16H17NO2. The zero-order valence-electron chi connectivity index (χ0n) is 11.0. The molecule has 98 valence electrons. The van der Waals surface area contributed by atoms with Gasteiger partial charge in [0.2, 0.25) is 0 Å². The summed E-state index contributed by atoms with van der Waals surface area (Å²) in [6.45, 7) is 0.794. The van der Waals surface area contributed by atoms with E-state index in [2.05, 4.69) is 16.7 Å². The van der Waals surface area contributed by atoms with E-state index in [4.69, 9.17) is 4.74 Å². The standard InChI is InChI=1S/C16H17NO2/c1-19-15(18)16(9-10-16)14-8-5-11-17(14)12-13-6-3-2-4-7-13/h2-8,11H,9-10,12H2,1H3. The number of benzene rings is 1. The molecule has 0 unspecified atom stereocenters. The van der Waals surface area contributed by atoms with Gasteiger partial charge in [-0.25, -0.2) is 0 Å². The van der Waals surface area contributed by atoms with Crippen LogP contribution in [0.1, 0.15) is 24.1 Å². The van der Waals surface area contributed by atoms with Crippen LogP contribution in [0.15, 0.2) is 48.7 Å². The van der Waals surface area contributed by atoms with E-state index in [1.807, 2.05) is 36.5 Å². The van der Waals surface area contributed by atoms with Crippen LogP contribution in [0, 0.1) is 0 Å². The highest BCUT2D eigenvalue weighted by molar-refractivity contribution is 5.86. The smallest absolute Gasteiger partial charge is 0.317 e. The number of aromatic nitrogens is 1. The van der Waals surface area contributed by atoms with Gasteiger partial charge in [0.05, 0.1) is 7.11 Å². The molecule has 1 aromatic carbocycles. The number of ether oxygens (including phenoxy) is 1. The Hall–Kier alpha value is -2.03.